The molecule has 0 fully saturated rings. The molecule has 1 atom stereocenters. The lowest BCUT2D eigenvalue weighted by Crippen LogP contribution is -2.31. The van der Waals surface area contributed by atoms with Crippen molar-refractivity contribution in [1.29, 1.82) is 0 Å². The Bertz CT molecular complexity index is 692. The molecule has 0 aliphatic carbocycles. The average Bonchev–Trinajstić information content (AvgIpc) is 2.88. The van der Waals surface area contributed by atoms with E-state index in [-0.39, 0.29) is 5.91 Å². The van der Waals surface area contributed by atoms with Crippen molar-refractivity contribution in [3.8, 4) is 5.75 Å². The average molecular weight is 350 g/mol. The molecule has 1 amide bonds. The van der Waals surface area contributed by atoms with Crippen LogP contribution in [0, 0.1) is 12.7 Å². The fraction of sp³-hybridized carbons (Fsp3) is 0.188. The topological polar surface area (TPSA) is 38.3 Å². The lowest BCUT2D eigenvalue weighted by Gasteiger charge is -2.13. The minimum Gasteiger partial charge on any atom is -0.480 e. The molecular weight excluding hydrogens is 337 g/mol. The third-order valence-corrected chi connectivity index (χ3v) is 4.07. The van der Waals surface area contributed by atoms with Crippen LogP contribution in [-0.4, -0.2) is 12.0 Å². The van der Waals surface area contributed by atoms with Crippen LogP contribution in [0.1, 0.15) is 11.1 Å². The van der Waals surface area contributed by atoms with Gasteiger partial charge in [0, 0.05) is 12.1 Å². The van der Waals surface area contributed by atoms with E-state index in [0.717, 1.165) is 16.9 Å². The fourth-order valence-corrected chi connectivity index (χ4v) is 2.78. The molecule has 1 aliphatic rings. The van der Waals surface area contributed by atoms with Gasteiger partial charge in [0.15, 0.2) is 6.10 Å². The van der Waals surface area contributed by atoms with Crippen molar-refractivity contribution in [3.63, 3.8) is 0 Å². The summed E-state index contributed by atoms with van der Waals surface area (Å²) in [4.78, 5) is 12.3. The number of fused-ring (bicyclic) bond motifs is 1. The van der Waals surface area contributed by atoms with Gasteiger partial charge in [-0.05, 0) is 52.2 Å². The monoisotopic (exact) mass is 349 g/mol. The largest absolute Gasteiger partial charge is 0.480 e. The quantitative estimate of drug-likeness (QED) is 0.894. The van der Waals surface area contributed by atoms with E-state index in [1.165, 1.54) is 6.07 Å². The molecule has 1 unspecified atom stereocenters. The normalized spacial score (nSPS) is 16.2. The minimum absolute atomic E-state index is 0.268. The van der Waals surface area contributed by atoms with Crippen LogP contribution in [-0.2, 0) is 11.2 Å². The molecule has 3 rings (SSSR count). The van der Waals surface area contributed by atoms with Gasteiger partial charge in [0.2, 0.25) is 0 Å². The summed E-state index contributed by atoms with van der Waals surface area (Å²) in [6.07, 6.45) is -0.0476. The number of amides is 1. The Labute approximate surface area is 130 Å². The number of rotatable bonds is 2. The predicted molar refractivity (Wildman–Crippen MR) is 82.0 cm³/mol. The second kappa shape index (κ2) is 5.48. The molecule has 0 bridgehead atoms. The number of carbonyl (C=O) groups is 1. The maximum Gasteiger partial charge on any atom is 0.265 e. The summed E-state index contributed by atoms with van der Waals surface area (Å²) in [6.45, 7) is 1.81. The molecule has 0 saturated carbocycles. The number of carbonyl (C=O) groups excluding carboxylic acids is 1. The smallest absolute Gasteiger partial charge is 0.265 e. The van der Waals surface area contributed by atoms with Crippen LogP contribution in [0.5, 0.6) is 5.75 Å². The molecule has 0 spiro atoms. The fourth-order valence-electron chi connectivity index (χ4n) is 2.32. The van der Waals surface area contributed by atoms with Crippen LogP contribution in [0.3, 0.4) is 0 Å². The second-order valence-electron chi connectivity index (χ2n) is 4.99. The Balaban J connectivity index is 1.75. The number of hydrogen-bond donors (Lipinski definition) is 1. The van der Waals surface area contributed by atoms with Crippen molar-refractivity contribution < 1.29 is 13.9 Å². The van der Waals surface area contributed by atoms with Crippen molar-refractivity contribution in [2.24, 2.45) is 0 Å². The number of aryl methyl sites for hydroxylation is 1. The van der Waals surface area contributed by atoms with E-state index in [9.17, 15) is 9.18 Å². The summed E-state index contributed by atoms with van der Waals surface area (Å²) in [5, 5.41) is 2.73. The molecule has 1 N–H and O–H groups in total. The molecule has 21 heavy (non-hydrogen) atoms. The molecule has 2 aromatic rings. The molecule has 0 saturated heterocycles. The Kier molecular flexibility index (Phi) is 3.68. The van der Waals surface area contributed by atoms with Gasteiger partial charge in [0.05, 0.1) is 4.47 Å². The zero-order chi connectivity index (χ0) is 15.0. The number of benzene rings is 2. The highest BCUT2D eigenvalue weighted by molar-refractivity contribution is 9.10. The van der Waals surface area contributed by atoms with Crippen molar-refractivity contribution in [1.82, 2.24) is 0 Å². The van der Waals surface area contributed by atoms with Gasteiger partial charge in [-0.3, -0.25) is 4.79 Å². The number of anilines is 1. The lowest BCUT2D eigenvalue weighted by molar-refractivity contribution is -0.122. The highest BCUT2D eigenvalue weighted by Crippen LogP contribution is 2.29. The summed E-state index contributed by atoms with van der Waals surface area (Å²) in [6, 6.07) is 10.5. The minimum atomic E-state index is -0.575. The Morgan fingerprint density at radius 2 is 2.14 bits per heavy atom. The van der Waals surface area contributed by atoms with Crippen molar-refractivity contribution in [2.45, 2.75) is 19.4 Å². The molecule has 1 aliphatic heterocycles. The van der Waals surface area contributed by atoms with Crippen LogP contribution >= 0.6 is 15.9 Å². The molecule has 2 aromatic carbocycles. The number of hydrogen-bond acceptors (Lipinski definition) is 2. The van der Waals surface area contributed by atoms with E-state index >= 15 is 0 Å². The summed E-state index contributed by atoms with van der Waals surface area (Å²) >= 11 is 3.12. The van der Waals surface area contributed by atoms with Crippen molar-refractivity contribution in [3.05, 3.63) is 57.8 Å². The van der Waals surface area contributed by atoms with E-state index in [4.69, 9.17) is 4.74 Å². The van der Waals surface area contributed by atoms with Gasteiger partial charge in [-0.2, -0.15) is 0 Å². The number of nitrogens with one attached hydrogen (secondary N) is 1. The molecular formula is C16H13BrFNO2. The Morgan fingerprint density at radius 3 is 2.90 bits per heavy atom. The third-order valence-electron chi connectivity index (χ3n) is 3.46. The Hall–Kier alpha value is -1.88. The number of halogens is 2. The van der Waals surface area contributed by atoms with Crippen LogP contribution in [0.2, 0.25) is 0 Å². The highest BCUT2D eigenvalue weighted by Gasteiger charge is 2.29. The standard InChI is InChI=1S/C16H13BrFNO2/c1-9-6-11(17)12(18)8-13(9)19-16(20)15-7-10-4-2-3-5-14(10)21-15/h2-6,8,15H,7H2,1H3,(H,19,20). The summed E-state index contributed by atoms with van der Waals surface area (Å²) < 4.78 is 19.6. The maximum absolute atomic E-state index is 13.6. The van der Waals surface area contributed by atoms with Gasteiger partial charge in [0.1, 0.15) is 11.6 Å². The summed E-state index contributed by atoms with van der Waals surface area (Å²) in [5.74, 6) is 0.0545. The summed E-state index contributed by atoms with van der Waals surface area (Å²) in [7, 11) is 0. The van der Waals surface area contributed by atoms with Crippen LogP contribution in [0.4, 0.5) is 10.1 Å². The lowest BCUT2D eigenvalue weighted by atomic mass is 10.1. The van der Waals surface area contributed by atoms with Crippen LogP contribution in [0.25, 0.3) is 0 Å². The highest BCUT2D eigenvalue weighted by atomic mass is 79.9. The van der Waals surface area contributed by atoms with Crippen LogP contribution < -0.4 is 10.1 Å². The molecule has 108 valence electrons. The third kappa shape index (κ3) is 2.78. The first-order valence-electron chi connectivity index (χ1n) is 6.55. The van der Waals surface area contributed by atoms with Gasteiger partial charge in [-0.1, -0.05) is 18.2 Å². The molecule has 0 aromatic heterocycles. The number of para-hydroxylation sites is 1. The first-order chi connectivity index (χ1) is 10.0. The van der Waals surface area contributed by atoms with E-state index in [1.54, 1.807) is 6.07 Å². The van der Waals surface area contributed by atoms with Gasteiger partial charge >= 0.3 is 0 Å². The van der Waals surface area contributed by atoms with E-state index < -0.39 is 11.9 Å². The van der Waals surface area contributed by atoms with E-state index in [2.05, 4.69) is 21.2 Å². The van der Waals surface area contributed by atoms with Crippen LogP contribution in [0.15, 0.2) is 40.9 Å². The van der Waals surface area contributed by atoms with E-state index in [0.29, 0.717) is 16.6 Å². The molecule has 3 nitrogen and oxygen atoms in total. The molecule has 0 radical (unpaired) electrons. The Morgan fingerprint density at radius 1 is 1.38 bits per heavy atom. The van der Waals surface area contributed by atoms with Gasteiger partial charge in [0.25, 0.3) is 5.91 Å². The molecule has 5 heteroatoms. The first kappa shape index (κ1) is 14.1. The zero-order valence-electron chi connectivity index (χ0n) is 11.3. The van der Waals surface area contributed by atoms with E-state index in [1.807, 2.05) is 31.2 Å². The predicted octanol–water partition coefficient (Wildman–Crippen LogP) is 3.84. The molecule has 1 heterocycles. The van der Waals surface area contributed by atoms with Gasteiger partial charge in [-0.25, -0.2) is 4.39 Å². The zero-order valence-corrected chi connectivity index (χ0v) is 12.9. The first-order valence-corrected chi connectivity index (χ1v) is 7.35. The van der Waals surface area contributed by atoms with Gasteiger partial charge in [-0.15, -0.1) is 0 Å². The number of ether oxygens (including phenoxy) is 1. The van der Waals surface area contributed by atoms with Gasteiger partial charge < -0.3 is 10.1 Å². The second-order valence-corrected chi connectivity index (χ2v) is 5.84. The van der Waals surface area contributed by atoms with Crippen molar-refractivity contribution >= 4 is 27.5 Å². The summed E-state index contributed by atoms with van der Waals surface area (Å²) in [5.41, 5.74) is 2.25. The SMILES string of the molecule is Cc1cc(Br)c(F)cc1NC(=O)C1Cc2ccccc2O1. The maximum atomic E-state index is 13.6. The van der Waals surface area contributed by atoms with Crippen molar-refractivity contribution in [2.75, 3.05) is 5.32 Å².